The van der Waals surface area contributed by atoms with Gasteiger partial charge in [0.25, 0.3) is 0 Å². The molecule has 1 unspecified atom stereocenters. The van der Waals surface area contributed by atoms with Crippen LogP contribution in [-0.4, -0.2) is 6.54 Å². The largest absolute Gasteiger partial charge is 0.467 e. The van der Waals surface area contributed by atoms with Gasteiger partial charge in [0, 0.05) is 6.54 Å². The minimum atomic E-state index is -0.367. The Morgan fingerprint density at radius 1 is 1.18 bits per heavy atom. The van der Waals surface area contributed by atoms with Gasteiger partial charge in [0.05, 0.1) is 12.3 Å². The van der Waals surface area contributed by atoms with Crippen LogP contribution in [0.1, 0.15) is 17.4 Å². The normalized spacial score (nSPS) is 11.9. The van der Waals surface area contributed by atoms with E-state index >= 15 is 0 Å². The average Bonchev–Trinajstić information content (AvgIpc) is 2.90. The summed E-state index contributed by atoms with van der Waals surface area (Å²) < 4.78 is 5.20. The van der Waals surface area contributed by atoms with Gasteiger partial charge in [-0.25, -0.2) is 0 Å². The van der Waals surface area contributed by atoms with Gasteiger partial charge in [-0.3, -0.25) is 5.32 Å². The first-order valence-corrected chi connectivity index (χ1v) is 5.60. The van der Waals surface area contributed by atoms with Gasteiger partial charge >= 0.3 is 0 Å². The predicted molar refractivity (Wildman–Crippen MR) is 65.2 cm³/mol. The van der Waals surface area contributed by atoms with Crippen LogP contribution in [-0.2, 0) is 6.42 Å². The summed E-state index contributed by atoms with van der Waals surface area (Å²) in [6.07, 6.45) is 2.48. The Balaban J connectivity index is 1.84. The third-order valence-electron chi connectivity index (χ3n) is 2.56. The lowest BCUT2D eigenvalue weighted by Gasteiger charge is -2.08. The number of hydrogen-bond donors (Lipinski definition) is 1. The molecule has 0 saturated heterocycles. The molecular weight excluding hydrogens is 212 g/mol. The zero-order chi connectivity index (χ0) is 11.9. The second-order valence-electron chi connectivity index (χ2n) is 3.77. The molecule has 0 fully saturated rings. The number of benzene rings is 1. The maximum atomic E-state index is 9.02. The lowest BCUT2D eigenvalue weighted by molar-refractivity contribution is 0.459. The van der Waals surface area contributed by atoms with Gasteiger partial charge in [-0.2, -0.15) is 5.26 Å². The third-order valence-corrected chi connectivity index (χ3v) is 2.56. The SMILES string of the molecule is N#CC(NCCc1ccccc1)c1ccco1. The summed E-state index contributed by atoms with van der Waals surface area (Å²) in [6, 6.07) is 15.6. The molecule has 0 bridgehead atoms. The number of rotatable bonds is 5. The molecule has 86 valence electrons. The first-order valence-electron chi connectivity index (χ1n) is 5.60. The monoisotopic (exact) mass is 226 g/mol. The highest BCUT2D eigenvalue weighted by Crippen LogP contribution is 2.12. The highest BCUT2D eigenvalue weighted by atomic mass is 16.3. The van der Waals surface area contributed by atoms with Gasteiger partial charge in [0.2, 0.25) is 0 Å². The van der Waals surface area contributed by atoms with E-state index in [1.54, 1.807) is 12.3 Å². The molecule has 2 rings (SSSR count). The zero-order valence-corrected chi connectivity index (χ0v) is 9.47. The first-order chi connectivity index (χ1) is 8.40. The van der Waals surface area contributed by atoms with Crippen LogP contribution in [0.4, 0.5) is 0 Å². The van der Waals surface area contributed by atoms with Crippen molar-refractivity contribution in [1.82, 2.24) is 5.32 Å². The Labute approximate surface area is 101 Å². The fourth-order valence-electron chi connectivity index (χ4n) is 1.67. The van der Waals surface area contributed by atoms with Crippen LogP contribution < -0.4 is 5.32 Å². The fourth-order valence-corrected chi connectivity index (χ4v) is 1.67. The summed E-state index contributed by atoms with van der Waals surface area (Å²) >= 11 is 0. The van der Waals surface area contributed by atoms with Crippen LogP contribution in [0, 0.1) is 11.3 Å². The van der Waals surface area contributed by atoms with Gasteiger partial charge in [-0.05, 0) is 24.1 Å². The van der Waals surface area contributed by atoms with Crippen LogP contribution in [0.15, 0.2) is 53.1 Å². The van der Waals surface area contributed by atoms with Crippen molar-refractivity contribution in [3.8, 4) is 6.07 Å². The van der Waals surface area contributed by atoms with Crippen molar-refractivity contribution < 1.29 is 4.42 Å². The molecule has 0 spiro atoms. The Bertz CT molecular complexity index is 471. The quantitative estimate of drug-likeness (QED) is 0.852. The van der Waals surface area contributed by atoms with E-state index in [2.05, 4.69) is 23.5 Å². The van der Waals surface area contributed by atoms with E-state index in [1.165, 1.54) is 5.56 Å². The molecule has 1 N–H and O–H groups in total. The molecule has 1 aromatic carbocycles. The van der Waals surface area contributed by atoms with E-state index in [9.17, 15) is 0 Å². The zero-order valence-electron chi connectivity index (χ0n) is 9.47. The molecule has 0 radical (unpaired) electrons. The van der Waals surface area contributed by atoms with Crippen molar-refractivity contribution in [2.45, 2.75) is 12.5 Å². The molecule has 0 aliphatic carbocycles. The topological polar surface area (TPSA) is 49.0 Å². The molecule has 3 nitrogen and oxygen atoms in total. The van der Waals surface area contributed by atoms with Gasteiger partial charge in [-0.1, -0.05) is 30.3 Å². The van der Waals surface area contributed by atoms with Crippen molar-refractivity contribution in [3.05, 3.63) is 60.1 Å². The van der Waals surface area contributed by atoms with Gasteiger partial charge < -0.3 is 4.42 Å². The lowest BCUT2D eigenvalue weighted by Crippen LogP contribution is -2.22. The summed E-state index contributed by atoms with van der Waals surface area (Å²) in [6.45, 7) is 0.753. The maximum absolute atomic E-state index is 9.02. The highest BCUT2D eigenvalue weighted by molar-refractivity contribution is 5.16. The van der Waals surface area contributed by atoms with E-state index < -0.39 is 0 Å². The molecule has 0 amide bonds. The number of nitriles is 1. The number of furan rings is 1. The molecule has 2 aromatic rings. The van der Waals surface area contributed by atoms with Crippen LogP contribution in [0.3, 0.4) is 0 Å². The third kappa shape index (κ3) is 3.20. The van der Waals surface area contributed by atoms with E-state index in [1.807, 2.05) is 24.3 Å². The summed E-state index contributed by atoms with van der Waals surface area (Å²) in [5, 5.41) is 12.2. The summed E-state index contributed by atoms with van der Waals surface area (Å²) in [7, 11) is 0. The standard InChI is InChI=1S/C14H14N2O/c15-11-13(14-7-4-10-17-14)16-9-8-12-5-2-1-3-6-12/h1-7,10,13,16H,8-9H2. The maximum Gasteiger partial charge on any atom is 0.154 e. The Morgan fingerprint density at radius 3 is 2.65 bits per heavy atom. The Morgan fingerprint density at radius 2 is 2.00 bits per heavy atom. The van der Waals surface area contributed by atoms with Gasteiger partial charge in [0.1, 0.15) is 5.76 Å². The van der Waals surface area contributed by atoms with E-state index in [4.69, 9.17) is 9.68 Å². The van der Waals surface area contributed by atoms with Crippen LogP contribution in [0.25, 0.3) is 0 Å². The molecule has 3 heteroatoms. The van der Waals surface area contributed by atoms with Crippen LogP contribution >= 0.6 is 0 Å². The smallest absolute Gasteiger partial charge is 0.154 e. The van der Waals surface area contributed by atoms with Crippen molar-refractivity contribution in [1.29, 1.82) is 5.26 Å². The molecule has 17 heavy (non-hydrogen) atoms. The van der Waals surface area contributed by atoms with E-state index in [0.717, 1.165) is 13.0 Å². The fraction of sp³-hybridized carbons (Fsp3) is 0.214. The molecule has 0 saturated carbocycles. The van der Waals surface area contributed by atoms with Crippen molar-refractivity contribution in [2.24, 2.45) is 0 Å². The number of nitrogens with one attached hydrogen (secondary N) is 1. The van der Waals surface area contributed by atoms with Crippen LogP contribution in [0.5, 0.6) is 0 Å². The molecule has 1 atom stereocenters. The molecular formula is C14H14N2O. The summed E-state index contributed by atoms with van der Waals surface area (Å²) in [5.74, 6) is 0.667. The number of nitrogens with zero attached hydrogens (tertiary/aromatic N) is 1. The second kappa shape index (κ2) is 5.88. The molecule has 1 aromatic heterocycles. The molecule has 0 aliphatic heterocycles. The average molecular weight is 226 g/mol. The minimum Gasteiger partial charge on any atom is -0.467 e. The first kappa shape index (κ1) is 11.4. The minimum absolute atomic E-state index is 0.367. The lowest BCUT2D eigenvalue weighted by atomic mass is 10.1. The molecule has 0 aliphatic rings. The van der Waals surface area contributed by atoms with Gasteiger partial charge in [0.15, 0.2) is 6.04 Å². The van der Waals surface area contributed by atoms with Crippen molar-refractivity contribution in [2.75, 3.05) is 6.54 Å². The predicted octanol–water partition coefficient (Wildman–Crippen LogP) is 2.68. The van der Waals surface area contributed by atoms with Crippen LogP contribution in [0.2, 0.25) is 0 Å². The summed E-state index contributed by atoms with van der Waals surface area (Å²) in [4.78, 5) is 0. The van der Waals surface area contributed by atoms with Crippen molar-refractivity contribution in [3.63, 3.8) is 0 Å². The number of hydrogen-bond acceptors (Lipinski definition) is 3. The van der Waals surface area contributed by atoms with E-state index in [-0.39, 0.29) is 6.04 Å². The van der Waals surface area contributed by atoms with Gasteiger partial charge in [-0.15, -0.1) is 0 Å². The Kier molecular flexibility index (Phi) is 3.95. The highest BCUT2D eigenvalue weighted by Gasteiger charge is 2.11. The van der Waals surface area contributed by atoms with E-state index in [0.29, 0.717) is 5.76 Å². The molecule has 1 heterocycles. The van der Waals surface area contributed by atoms with Crippen molar-refractivity contribution >= 4 is 0 Å². The Hall–Kier alpha value is -2.05. The summed E-state index contributed by atoms with van der Waals surface area (Å²) in [5.41, 5.74) is 1.26. The second-order valence-corrected chi connectivity index (χ2v) is 3.77.